The van der Waals surface area contributed by atoms with Gasteiger partial charge in [-0.3, -0.25) is 43.4 Å². The standard InChI is InChI=1S/C58H71N11O21S2.Na/c1-26-23-68-46(47(26)76)54(83)60-22-32(71)19-36(61-50(79)29-10-8-28(9-11-29)37-25-69-58(62-37)91-55(66-69)30-12-15-35(16-13-30)87-34-6-4-3-5-7-34)51(80)63-43(27(2)70)56(84)67-24-33(72)20-38(67)52(81)65-45(53(82)64-44(57(68)85)40(74)21-42(59)75)49(78)48(77)31-14-17-39(73)41(18-31)88-92-90-89-86;/h8-18,25-27,32-34,36,38,40,43-49,70-74,76-78,86H,3-7,19-24H2,1-2H3,(H2,59,75)(H,60,83)(H,61,79)(H,63,80)(H,64,82)(H,65,81);/q;+1/p-1/t26?,27?,32?,33?,36-,38?,40?,43?,44?,45?,46?,47?,48?,49?;/m0./s1. The number of primary amides is 1. The monoisotopic (exact) mass is 1340 g/mol. The molecule has 8 amide bonds. The second-order valence-electron chi connectivity index (χ2n) is 23.1. The van der Waals surface area contributed by atoms with Gasteiger partial charge in [-0.25, -0.2) is 9.50 Å². The van der Waals surface area contributed by atoms with Crippen molar-refractivity contribution >= 4 is 75.9 Å². The van der Waals surface area contributed by atoms with E-state index in [1.165, 1.54) is 36.8 Å². The predicted octanol–water partition coefficient (Wildman–Crippen LogP) is -5.97. The minimum atomic E-state index is -2.54. The van der Waals surface area contributed by atoms with Crippen molar-refractivity contribution in [3.63, 3.8) is 0 Å². The fraction of sp³-hybridized carbons (Fsp3) is 0.483. The van der Waals surface area contributed by atoms with E-state index < -0.39 is 183 Å². The summed E-state index contributed by atoms with van der Waals surface area (Å²) >= 11 is 1.27. The molecule has 4 aliphatic rings. The first-order valence-corrected chi connectivity index (χ1v) is 30.9. The number of aromatic nitrogens is 3. The molecule has 3 aromatic carbocycles. The van der Waals surface area contributed by atoms with Crippen molar-refractivity contribution in [3.05, 3.63) is 84.1 Å². The van der Waals surface area contributed by atoms with Crippen molar-refractivity contribution in [2.75, 3.05) is 19.6 Å². The van der Waals surface area contributed by atoms with E-state index in [4.69, 9.17) is 24.7 Å². The number of rotatable bonds is 17. The van der Waals surface area contributed by atoms with Crippen LogP contribution in [0.1, 0.15) is 87.2 Å². The third-order valence-electron chi connectivity index (χ3n) is 16.4. The van der Waals surface area contributed by atoms with Crippen LogP contribution in [-0.4, -0.2) is 211 Å². The summed E-state index contributed by atoms with van der Waals surface area (Å²) < 4.78 is 16.9. The van der Waals surface area contributed by atoms with Gasteiger partial charge in [0.15, 0.2) is 11.5 Å². The van der Waals surface area contributed by atoms with Crippen LogP contribution in [0.4, 0.5) is 0 Å². The summed E-state index contributed by atoms with van der Waals surface area (Å²) in [5.74, 6) is -11.2. The number of benzene rings is 3. The number of carbonyl (C=O) groups excluding carboxylic acids is 8. The Labute approximate surface area is 560 Å². The van der Waals surface area contributed by atoms with E-state index in [1.54, 1.807) is 22.8 Å². The fourth-order valence-corrected chi connectivity index (χ4v) is 12.6. The molecule has 3 saturated heterocycles. The van der Waals surface area contributed by atoms with Gasteiger partial charge in [-0.2, -0.15) is 5.10 Å². The molecule has 4 fully saturated rings. The topological polar surface area (TPSA) is 481 Å². The maximum Gasteiger partial charge on any atom is 1.00 e. The van der Waals surface area contributed by atoms with Crippen LogP contribution in [0.15, 0.2) is 72.9 Å². The van der Waals surface area contributed by atoms with Gasteiger partial charge >= 0.3 is 29.6 Å². The van der Waals surface area contributed by atoms with E-state index in [0.29, 0.717) is 16.2 Å². The van der Waals surface area contributed by atoms with E-state index in [1.807, 2.05) is 24.3 Å². The van der Waals surface area contributed by atoms with Crippen LogP contribution in [0.3, 0.4) is 0 Å². The van der Waals surface area contributed by atoms with Crippen LogP contribution >= 0.6 is 23.7 Å². The number of ether oxygens (including phenoxy) is 1. The van der Waals surface area contributed by atoms with Gasteiger partial charge in [-0.05, 0) is 86.7 Å². The fourth-order valence-electron chi connectivity index (χ4n) is 11.5. The van der Waals surface area contributed by atoms with Gasteiger partial charge in [0.25, 0.3) is 18.2 Å². The summed E-state index contributed by atoms with van der Waals surface area (Å²) in [6.45, 7) is 0.676. The van der Waals surface area contributed by atoms with Crippen LogP contribution in [0.2, 0.25) is 0 Å². The van der Waals surface area contributed by atoms with E-state index in [0.717, 1.165) is 76.9 Å². The number of nitrogens with one attached hydrogen (secondary N) is 5. The van der Waals surface area contributed by atoms with Crippen LogP contribution in [0, 0.1) is 5.92 Å². The number of phenols is 1. The molecule has 0 bridgehead atoms. The average Bonchev–Trinajstić information content (AvgIpc) is 1.71. The summed E-state index contributed by atoms with van der Waals surface area (Å²) in [7, 11) is 0. The Morgan fingerprint density at radius 1 is 0.817 bits per heavy atom. The number of aliphatic hydroxyl groups excluding tert-OH is 7. The zero-order valence-electron chi connectivity index (χ0n) is 50.4. The minimum absolute atomic E-state index is 0. The van der Waals surface area contributed by atoms with E-state index in [2.05, 4.69) is 36.0 Å². The number of aliphatic hydroxyl groups is 7. The molecule has 0 radical (unpaired) electrons. The number of hydrogen-bond acceptors (Lipinski definition) is 25. The second-order valence-corrected chi connectivity index (χ2v) is 24.5. The Morgan fingerprint density at radius 2 is 1.48 bits per heavy atom. The Balaban J connectivity index is 0.0000111. The number of hydrogen-bond donors (Lipinski definition) is 14. The van der Waals surface area contributed by atoms with Crippen LogP contribution in [0.5, 0.6) is 17.2 Å². The molecule has 3 aliphatic heterocycles. The number of carbonyl (C=O) groups is 8. The number of nitrogens with zero attached hydrogens (tertiary/aromatic N) is 5. The van der Waals surface area contributed by atoms with Gasteiger partial charge < -0.3 is 97.1 Å². The third kappa shape index (κ3) is 17.2. The first-order valence-electron chi connectivity index (χ1n) is 29.4. The Kier molecular flexibility index (Phi) is 24.6. The Morgan fingerprint density at radius 3 is 2.15 bits per heavy atom. The predicted molar refractivity (Wildman–Crippen MR) is 318 cm³/mol. The van der Waals surface area contributed by atoms with E-state index in [-0.39, 0.29) is 59.1 Å². The van der Waals surface area contributed by atoms with Crippen LogP contribution in [-0.2, 0) is 42.9 Å². The molecule has 0 spiro atoms. The van der Waals surface area contributed by atoms with Crippen molar-refractivity contribution in [3.8, 4) is 39.1 Å². The number of aromatic hydroxyl groups is 1. The van der Waals surface area contributed by atoms with Crippen molar-refractivity contribution in [1.82, 2.24) is 51.0 Å². The molecule has 32 nitrogen and oxygen atoms in total. The smallest absolute Gasteiger partial charge is 0.691 e. The molecule has 13 unspecified atom stereocenters. The van der Waals surface area contributed by atoms with Gasteiger partial charge in [0, 0.05) is 55.1 Å². The van der Waals surface area contributed by atoms with Crippen molar-refractivity contribution in [2.24, 2.45) is 11.7 Å². The molecule has 2 aromatic heterocycles. The molecule has 93 heavy (non-hydrogen) atoms. The maximum atomic E-state index is 14.7. The second kappa shape index (κ2) is 31.9. The first-order chi connectivity index (χ1) is 43.9. The summed E-state index contributed by atoms with van der Waals surface area (Å²) in [4.78, 5) is 120. The van der Waals surface area contributed by atoms with E-state index >= 15 is 0 Å². The molecule has 496 valence electrons. The van der Waals surface area contributed by atoms with Crippen molar-refractivity contribution in [1.29, 1.82) is 0 Å². The molecule has 1 aliphatic carbocycles. The molecular weight excluding hydrogens is 1270 g/mol. The van der Waals surface area contributed by atoms with Crippen LogP contribution < -0.4 is 76.1 Å². The van der Waals surface area contributed by atoms with Gasteiger partial charge in [0.2, 0.25) is 46.3 Å². The molecule has 5 aromatic rings. The summed E-state index contributed by atoms with van der Waals surface area (Å²) in [5.41, 5.74) is 6.97. The zero-order valence-corrected chi connectivity index (χ0v) is 54.0. The minimum Gasteiger partial charge on any atom is -0.691 e. The number of imidazole rings is 1. The molecule has 1 saturated carbocycles. The van der Waals surface area contributed by atoms with E-state index in [9.17, 15) is 84.5 Å². The molecule has 5 heterocycles. The summed E-state index contributed by atoms with van der Waals surface area (Å²) in [5, 5.41) is 121. The molecule has 14 atom stereocenters. The molecule has 15 N–H and O–H groups in total. The quantitative estimate of drug-likeness (QED) is 0.0135. The first kappa shape index (κ1) is 71.7. The number of amides is 8. The van der Waals surface area contributed by atoms with Gasteiger partial charge in [-0.15, -0.1) is 4.33 Å². The van der Waals surface area contributed by atoms with Crippen molar-refractivity contribution in [2.45, 2.75) is 150 Å². The normalized spacial score (nSPS) is 26.0. The summed E-state index contributed by atoms with van der Waals surface area (Å²) in [6.07, 6.45) is -8.70. The van der Waals surface area contributed by atoms with Gasteiger partial charge in [-0.1, -0.05) is 42.9 Å². The molecular formula is C58H70N11NaO21S2. The number of fused-ring (bicyclic) bond motifs is 3. The Hall–Kier alpha value is -7.13. The summed E-state index contributed by atoms with van der Waals surface area (Å²) in [6, 6.07) is 4.32. The van der Waals surface area contributed by atoms with Gasteiger partial charge in [0.1, 0.15) is 59.2 Å². The molecule has 9 rings (SSSR count). The van der Waals surface area contributed by atoms with Crippen LogP contribution in [0.25, 0.3) is 26.8 Å². The largest absolute Gasteiger partial charge is 1.00 e. The average molecular weight is 1340 g/mol. The zero-order chi connectivity index (χ0) is 66.2. The third-order valence-corrected chi connectivity index (χ3v) is 17.7. The van der Waals surface area contributed by atoms with Gasteiger partial charge in [0.05, 0.1) is 54.9 Å². The SMILES string of the molecule is CC(O)C1NC(=O)[C@@H](NC(=O)c2ccc(-c3cn4nc(-c5ccc(OC6CCCCC6)cc5)sc4n3)cc2)CC(O)CNC(=O)C2C(O)C(C)CN2C(=O)C(C(O)CC(N)=O)NC(=O)C(C(O)C(O)c2ccc(O)c(OSOO[O-])c2)NC(=O)C2CC(O)CN2C1=O.[Na+]. The number of nitrogens with two attached hydrogens (primary N) is 1. The number of phenolic OH excluding ortho intramolecular Hbond substituents is 1. The molecule has 35 heteroatoms. The Bertz CT molecular complexity index is 3460. The maximum absolute atomic E-state index is 14.7. The number of β-amino-alcohol motifs (C(OH)–C–C–N with tert-alkyl or cyclic N) is 1. The van der Waals surface area contributed by atoms with Crippen molar-refractivity contribution < 1.29 is 132 Å².